The van der Waals surface area contributed by atoms with Crippen molar-refractivity contribution in [2.45, 2.75) is 89.6 Å². The molecule has 1 unspecified atom stereocenters. The Hall–Kier alpha value is -4.87. The normalized spacial score (nSPS) is 16.1. The van der Waals surface area contributed by atoms with Gasteiger partial charge in [-0.3, -0.25) is 14.4 Å². The molecule has 0 saturated carbocycles. The first-order chi connectivity index (χ1) is 39.2. The van der Waals surface area contributed by atoms with E-state index in [0.29, 0.717) is 54.9 Å². The number of amides is 3. The third-order valence-corrected chi connectivity index (χ3v) is 17.6. The molecule has 17 heteroatoms. The second-order valence-electron chi connectivity index (χ2n) is 23.0. The van der Waals surface area contributed by atoms with Gasteiger partial charge in [-0.25, -0.2) is 0 Å². The largest absolute Gasteiger partial charge is 0.381 e. The molecule has 0 bridgehead atoms. The topological polar surface area (TPSA) is 115 Å². The van der Waals surface area contributed by atoms with Crippen molar-refractivity contribution in [2.24, 2.45) is 0 Å². The molecule has 0 radical (unpaired) electrons. The first-order valence-electron chi connectivity index (χ1n) is 28.3. The molecule has 12 nitrogen and oxygen atoms in total. The average molecular weight is 1260 g/mol. The van der Waals surface area contributed by atoms with Crippen molar-refractivity contribution >= 4 is 97.1 Å². The van der Waals surface area contributed by atoms with Crippen LogP contribution in [0.5, 0.6) is 0 Å². The predicted octanol–water partition coefficient (Wildman–Crippen LogP) is 15.2. The van der Waals surface area contributed by atoms with Gasteiger partial charge < -0.3 is 43.6 Å². The Morgan fingerprint density at radius 3 is 1.26 bits per heavy atom. The molecular weight excluding hydrogens is 1180 g/mol. The maximum atomic E-state index is 12.5. The van der Waals surface area contributed by atoms with Crippen LogP contribution in [0.1, 0.15) is 99.6 Å². The van der Waals surface area contributed by atoms with Crippen LogP contribution in [0.3, 0.4) is 0 Å². The highest BCUT2D eigenvalue weighted by Crippen LogP contribution is 2.29. The number of benzene rings is 6. The van der Waals surface area contributed by atoms with Crippen LogP contribution in [-0.4, -0.2) is 131 Å². The number of nitrogens with one attached hydrogen (secondary N) is 3. The summed E-state index contributed by atoms with van der Waals surface area (Å²) in [6.45, 7) is 11.5. The molecule has 3 amide bonds. The molecule has 3 fully saturated rings. The van der Waals surface area contributed by atoms with Crippen molar-refractivity contribution < 1.29 is 42.0 Å². The number of halogens is 5. The van der Waals surface area contributed by atoms with Gasteiger partial charge in [0, 0.05) is 103 Å². The molecule has 3 heterocycles. The number of hydrogen-bond acceptors (Lipinski definition) is 6. The van der Waals surface area contributed by atoms with Crippen molar-refractivity contribution in [3.05, 3.63) is 191 Å². The Kier molecular flexibility index (Phi) is 24.3. The maximum Gasteiger partial charge on any atom is 0.255 e. The van der Waals surface area contributed by atoms with Gasteiger partial charge in [-0.05, 0) is 97.4 Å². The summed E-state index contributed by atoms with van der Waals surface area (Å²) >= 11 is 27.3. The van der Waals surface area contributed by atoms with Crippen LogP contribution < -0.4 is 16.0 Å². The Balaban J connectivity index is 0.000000177. The summed E-state index contributed by atoms with van der Waals surface area (Å²) in [7, 11) is 11.5. The molecule has 3 saturated heterocycles. The Morgan fingerprint density at radius 2 is 0.854 bits per heavy atom. The fourth-order valence-electron chi connectivity index (χ4n) is 11.2. The summed E-state index contributed by atoms with van der Waals surface area (Å²) in [5.74, 6) is -0.534. The third kappa shape index (κ3) is 19.6. The van der Waals surface area contributed by atoms with Gasteiger partial charge in [-0.15, -0.1) is 0 Å². The van der Waals surface area contributed by atoms with Gasteiger partial charge in [0.2, 0.25) is 0 Å². The second-order valence-corrected chi connectivity index (χ2v) is 25.6. The molecule has 3 aliphatic rings. The quantitative estimate of drug-likeness (QED) is 0.0784. The van der Waals surface area contributed by atoms with E-state index in [1.54, 1.807) is 36.4 Å². The highest BCUT2D eigenvalue weighted by molar-refractivity contribution is 9.10. The summed E-state index contributed by atoms with van der Waals surface area (Å²) < 4.78 is 20.4. The van der Waals surface area contributed by atoms with E-state index >= 15 is 0 Å². The molecule has 0 spiro atoms. The Labute approximate surface area is 514 Å². The lowest BCUT2D eigenvalue weighted by atomic mass is 10.0. The minimum atomic E-state index is -0.231. The summed E-state index contributed by atoms with van der Waals surface area (Å²) in [4.78, 5) is 37.2. The van der Waals surface area contributed by atoms with E-state index in [1.165, 1.54) is 16.7 Å². The number of nitrogens with zero attached hydrogens (tertiary/aromatic N) is 3. The Morgan fingerprint density at radius 1 is 0.463 bits per heavy atom. The molecule has 1 atom stereocenters. The van der Waals surface area contributed by atoms with Crippen molar-refractivity contribution in [1.82, 2.24) is 0 Å². The molecule has 0 aliphatic carbocycles. The zero-order valence-electron chi connectivity index (χ0n) is 48.1. The summed E-state index contributed by atoms with van der Waals surface area (Å²) in [5, 5.41) is 10.5. The molecule has 9 rings (SSSR count). The molecule has 3 N–H and O–H groups in total. The predicted molar refractivity (Wildman–Crippen MR) is 338 cm³/mol. The van der Waals surface area contributed by atoms with Gasteiger partial charge >= 0.3 is 0 Å². The number of ether oxygens (including phenoxy) is 3. The van der Waals surface area contributed by atoms with Gasteiger partial charge in [-0.1, -0.05) is 112 Å². The third-order valence-electron chi connectivity index (χ3n) is 15.9. The zero-order valence-corrected chi connectivity index (χ0v) is 52.7. The number of carbonyl (C=O) groups excluding carboxylic acids is 3. The number of anilines is 3. The van der Waals surface area contributed by atoms with E-state index in [2.05, 4.69) is 110 Å². The minimum Gasteiger partial charge on any atom is -0.381 e. The zero-order chi connectivity index (χ0) is 58.9. The number of hydrogen-bond donors (Lipinski definition) is 3. The van der Waals surface area contributed by atoms with Gasteiger partial charge in [0.15, 0.2) is 0 Å². The minimum absolute atomic E-state index is 0.0997. The first-order valence-corrected chi connectivity index (χ1v) is 30.6. The molecule has 3 aliphatic heterocycles. The van der Waals surface area contributed by atoms with E-state index in [0.717, 1.165) is 146 Å². The summed E-state index contributed by atoms with van der Waals surface area (Å²) in [5.41, 5.74) is 7.69. The van der Waals surface area contributed by atoms with Crippen LogP contribution in [0.2, 0.25) is 20.1 Å². The molecule has 6 aromatic carbocycles. The SMILES string of the molecule is CCC[N+](C)(Cc1ccc(NC(=O)c2ccc(Cl)c(Cl)c2)cc1)C1CCOCC1.C[N+](C)(Cc1ccc(NC(=O)c2cc(Cl)cc(Cl)c2)cc1)C1CCOCC1.C[N+](C)(Cc1ccc(NC(=O)c2cccc(Br)c2)cc1)C1CCOCC1. The lowest BCUT2D eigenvalue weighted by Gasteiger charge is -2.43. The van der Waals surface area contributed by atoms with E-state index in [9.17, 15) is 14.4 Å². The van der Waals surface area contributed by atoms with E-state index in [4.69, 9.17) is 60.6 Å². The second kappa shape index (κ2) is 30.8. The average Bonchev–Trinajstić information content (AvgIpc) is 3.66. The van der Waals surface area contributed by atoms with Crippen LogP contribution in [0.25, 0.3) is 0 Å². The molecule has 0 aromatic heterocycles. The van der Waals surface area contributed by atoms with Crippen LogP contribution >= 0.6 is 62.3 Å². The highest BCUT2D eigenvalue weighted by atomic mass is 79.9. The van der Waals surface area contributed by atoms with Gasteiger partial charge in [-0.2, -0.15) is 0 Å². The van der Waals surface area contributed by atoms with Crippen LogP contribution in [0.4, 0.5) is 17.1 Å². The lowest BCUT2D eigenvalue weighted by Crippen LogP contribution is -2.53. The highest BCUT2D eigenvalue weighted by Gasteiger charge is 2.34. The molecule has 6 aromatic rings. The van der Waals surface area contributed by atoms with Crippen LogP contribution in [0, 0.1) is 0 Å². The first kappa shape index (κ1) is 64.7. The maximum absolute atomic E-state index is 12.5. The number of quaternary nitrogens is 3. The Bertz CT molecular complexity index is 3020. The van der Waals surface area contributed by atoms with Crippen molar-refractivity contribution in [3.8, 4) is 0 Å². The van der Waals surface area contributed by atoms with Gasteiger partial charge in [0.05, 0.1) is 110 Å². The monoisotopic (exact) mass is 1260 g/mol. The summed E-state index contributed by atoms with van der Waals surface area (Å²) in [6.07, 6.45) is 7.84. The standard InChI is InChI=1S/C23H28Cl2N2O2.C21H25BrN2O2.C21H24Cl2N2O2/c1-3-12-27(2,20-10-13-29-14-11-20)16-17-4-7-19(8-5-17)26-23(28)18-6-9-21(24)22(25)15-18;1-24(2,20-10-12-26-13-11-20)15-16-6-8-19(9-7-16)23-21(25)17-4-3-5-18(22)14-17;1-25(2,20-7-9-27-10-8-20)14-15-3-5-19(6-4-15)24-21(26)16-11-17(22)13-18(23)12-16/h4-9,15,20H,3,10-14,16H2,1-2H3;3-9,14,20H,10-13,15H2,1-2H3;3-6,11-13,20H,7-10,14H2,1-2H3/p+3. The van der Waals surface area contributed by atoms with Crippen LogP contribution in [0.15, 0.2) is 138 Å². The lowest BCUT2D eigenvalue weighted by molar-refractivity contribution is -0.947. The van der Waals surface area contributed by atoms with E-state index in [1.807, 2.05) is 60.7 Å². The van der Waals surface area contributed by atoms with Gasteiger partial charge in [0.25, 0.3) is 17.7 Å². The smallest absolute Gasteiger partial charge is 0.255 e. The molecular formula is C65H80BrCl4N6O6+3. The van der Waals surface area contributed by atoms with Crippen molar-refractivity contribution in [2.75, 3.05) is 97.4 Å². The van der Waals surface area contributed by atoms with Gasteiger partial charge in [0.1, 0.15) is 19.6 Å². The van der Waals surface area contributed by atoms with Crippen LogP contribution in [-0.2, 0) is 33.8 Å². The molecule has 82 heavy (non-hydrogen) atoms. The van der Waals surface area contributed by atoms with E-state index in [-0.39, 0.29) is 17.7 Å². The number of carbonyl (C=O) groups is 3. The molecule has 438 valence electrons. The van der Waals surface area contributed by atoms with Crippen molar-refractivity contribution in [1.29, 1.82) is 0 Å². The van der Waals surface area contributed by atoms with Crippen molar-refractivity contribution in [3.63, 3.8) is 0 Å². The number of rotatable bonds is 17. The fraction of sp³-hybridized carbons (Fsp3) is 0.400. The fourth-order valence-corrected chi connectivity index (χ4v) is 12.5. The summed E-state index contributed by atoms with van der Waals surface area (Å²) in [6, 6.07) is 43.3. The van der Waals surface area contributed by atoms with E-state index < -0.39 is 0 Å².